The van der Waals surface area contributed by atoms with E-state index in [4.69, 9.17) is 10.3 Å². The number of carbonyl (C=O) groups excluding carboxylic acids is 1. The lowest BCUT2D eigenvalue weighted by Gasteiger charge is -2.30. The van der Waals surface area contributed by atoms with Crippen LogP contribution in [-0.2, 0) is 6.54 Å². The summed E-state index contributed by atoms with van der Waals surface area (Å²) in [4.78, 5) is 13.9. The molecular formula is C13H21N3O2. The van der Waals surface area contributed by atoms with Gasteiger partial charge in [-0.2, -0.15) is 0 Å². The Morgan fingerprint density at radius 3 is 2.89 bits per heavy atom. The van der Waals surface area contributed by atoms with Crippen LogP contribution >= 0.6 is 0 Å². The summed E-state index contributed by atoms with van der Waals surface area (Å²) in [5, 5.41) is 0. The minimum Gasteiger partial charge on any atom is -0.454 e. The van der Waals surface area contributed by atoms with E-state index in [0.717, 1.165) is 24.4 Å². The van der Waals surface area contributed by atoms with Gasteiger partial charge in [-0.05, 0) is 46.2 Å². The maximum absolute atomic E-state index is 11.5. The second-order valence-electron chi connectivity index (χ2n) is 5.54. The molecule has 0 spiro atoms. The monoisotopic (exact) mass is 251 g/mol. The van der Waals surface area contributed by atoms with Crippen molar-refractivity contribution in [3.8, 4) is 0 Å². The highest BCUT2D eigenvalue weighted by molar-refractivity contribution is 5.92. The third kappa shape index (κ3) is 2.42. The number of aryl methyl sites for hydroxylation is 1. The Hall–Kier alpha value is -1.33. The molecule has 0 bridgehead atoms. The third-order valence-electron chi connectivity index (χ3n) is 3.73. The third-order valence-corrected chi connectivity index (χ3v) is 3.73. The molecule has 0 aromatic carbocycles. The molecule has 0 atom stereocenters. The highest BCUT2D eigenvalue weighted by Crippen LogP contribution is 2.30. The van der Waals surface area contributed by atoms with Crippen molar-refractivity contribution in [1.29, 1.82) is 0 Å². The molecule has 1 aliphatic rings. The lowest BCUT2D eigenvalue weighted by atomic mass is 10.0. The Balaban J connectivity index is 2.13. The number of nitrogens with zero attached hydrogens (tertiary/aromatic N) is 1. The maximum atomic E-state index is 11.5. The highest BCUT2D eigenvalue weighted by Gasteiger charge is 2.32. The normalized spacial score (nSPS) is 19.1. The number of rotatable bonds is 3. The van der Waals surface area contributed by atoms with Crippen LogP contribution in [0, 0.1) is 6.92 Å². The van der Waals surface area contributed by atoms with Crippen LogP contribution < -0.4 is 11.3 Å². The number of nitrogens with one attached hydrogen (secondary N) is 1. The maximum Gasteiger partial charge on any atom is 0.301 e. The van der Waals surface area contributed by atoms with Crippen molar-refractivity contribution in [2.24, 2.45) is 5.84 Å². The fourth-order valence-corrected chi connectivity index (χ4v) is 2.56. The molecule has 5 nitrogen and oxygen atoms in total. The summed E-state index contributed by atoms with van der Waals surface area (Å²) in [6.07, 6.45) is 2.41. The number of carbonyl (C=O) groups is 1. The summed E-state index contributed by atoms with van der Waals surface area (Å²) in [7, 11) is 0. The van der Waals surface area contributed by atoms with Crippen molar-refractivity contribution in [1.82, 2.24) is 10.3 Å². The first-order chi connectivity index (χ1) is 8.44. The smallest absolute Gasteiger partial charge is 0.301 e. The van der Waals surface area contributed by atoms with Crippen LogP contribution in [-0.4, -0.2) is 22.9 Å². The van der Waals surface area contributed by atoms with Gasteiger partial charge in [-0.3, -0.25) is 15.1 Å². The molecule has 100 valence electrons. The summed E-state index contributed by atoms with van der Waals surface area (Å²) in [5.41, 5.74) is 3.13. The van der Waals surface area contributed by atoms with Crippen LogP contribution in [0.25, 0.3) is 0 Å². The Labute approximate surface area is 107 Å². The van der Waals surface area contributed by atoms with E-state index in [0.29, 0.717) is 5.76 Å². The molecule has 1 aliphatic heterocycles. The first-order valence-corrected chi connectivity index (χ1v) is 6.29. The van der Waals surface area contributed by atoms with Crippen LogP contribution in [0.3, 0.4) is 0 Å². The zero-order valence-corrected chi connectivity index (χ0v) is 11.2. The van der Waals surface area contributed by atoms with E-state index in [1.165, 1.54) is 12.8 Å². The summed E-state index contributed by atoms with van der Waals surface area (Å²) in [5.74, 6) is 5.87. The van der Waals surface area contributed by atoms with Crippen molar-refractivity contribution < 1.29 is 9.21 Å². The van der Waals surface area contributed by atoms with Crippen LogP contribution in [0.1, 0.15) is 48.6 Å². The molecule has 0 aliphatic carbocycles. The molecule has 1 amide bonds. The van der Waals surface area contributed by atoms with Gasteiger partial charge >= 0.3 is 5.91 Å². The number of hydrogen-bond acceptors (Lipinski definition) is 4. The summed E-state index contributed by atoms with van der Waals surface area (Å²) < 4.78 is 5.59. The lowest BCUT2D eigenvalue weighted by Crippen LogP contribution is -2.37. The molecule has 2 heterocycles. The second-order valence-corrected chi connectivity index (χ2v) is 5.54. The van der Waals surface area contributed by atoms with Crippen LogP contribution in [0.15, 0.2) is 10.5 Å². The molecule has 5 heteroatoms. The van der Waals surface area contributed by atoms with Crippen molar-refractivity contribution in [3.63, 3.8) is 0 Å². The van der Waals surface area contributed by atoms with Gasteiger partial charge in [0.25, 0.3) is 0 Å². The van der Waals surface area contributed by atoms with E-state index >= 15 is 0 Å². The number of nitrogens with two attached hydrogens (primary N) is 1. The van der Waals surface area contributed by atoms with E-state index in [-0.39, 0.29) is 11.4 Å². The number of likely N-dealkylation sites (tertiary alicyclic amines) is 1. The van der Waals surface area contributed by atoms with E-state index in [1.54, 1.807) is 0 Å². The molecule has 1 saturated heterocycles. The fraction of sp³-hybridized carbons (Fsp3) is 0.615. The molecular weight excluding hydrogens is 230 g/mol. The first-order valence-electron chi connectivity index (χ1n) is 6.29. The molecule has 0 unspecified atom stereocenters. The van der Waals surface area contributed by atoms with Gasteiger partial charge in [-0.25, -0.2) is 5.84 Å². The van der Waals surface area contributed by atoms with Gasteiger partial charge in [0.2, 0.25) is 0 Å². The van der Waals surface area contributed by atoms with Crippen LogP contribution in [0.2, 0.25) is 0 Å². The predicted octanol–water partition coefficient (Wildman–Crippen LogP) is 1.57. The zero-order chi connectivity index (χ0) is 13.3. The van der Waals surface area contributed by atoms with Gasteiger partial charge in [-0.15, -0.1) is 0 Å². The van der Waals surface area contributed by atoms with Gasteiger partial charge in [0.05, 0.1) is 6.54 Å². The van der Waals surface area contributed by atoms with Crippen molar-refractivity contribution in [3.05, 3.63) is 23.2 Å². The van der Waals surface area contributed by atoms with Gasteiger partial charge in [0.15, 0.2) is 5.76 Å². The van der Waals surface area contributed by atoms with E-state index in [1.807, 2.05) is 13.0 Å². The van der Waals surface area contributed by atoms with Gasteiger partial charge < -0.3 is 4.42 Å². The standard InChI is InChI=1S/C13H21N3O2/c1-9-7-10(18-11(9)12(17)15-14)8-16-6-4-5-13(16,2)3/h7H,4-6,8,14H2,1-3H3,(H,15,17). The highest BCUT2D eigenvalue weighted by atomic mass is 16.4. The Morgan fingerprint density at radius 2 is 2.33 bits per heavy atom. The van der Waals surface area contributed by atoms with Gasteiger partial charge in [-0.1, -0.05) is 0 Å². The molecule has 2 rings (SSSR count). The number of hydrogen-bond donors (Lipinski definition) is 2. The fourth-order valence-electron chi connectivity index (χ4n) is 2.56. The number of nitrogen functional groups attached to an aromatic ring is 1. The largest absolute Gasteiger partial charge is 0.454 e. The van der Waals surface area contributed by atoms with Crippen LogP contribution in [0.4, 0.5) is 0 Å². The van der Waals surface area contributed by atoms with E-state index in [2.05, 4.69) is 24.2 Å². The average molecular weight is 251 g/mol. The molecule has 3 N–H and O–H groups in total. The van der Waals surface area contributed by atoms with Crippen molar-refractivity contribution >= 4 is 5.91 Å². The van der Waals surface area contributed by atoms with Gasteiger partial charge in [0, 0.05) is 11.1 Å². The van der Waals surface area contributed by atoms with Crippen LogP contribution in [0.5, 0.6) is 0 Å². The number of furan rings is 1. The van der Waals surface area contributed by atoms with Crippen molar-refractivity contribution in [2.75, 3.05) is 6.54 Å². The Morgan fingerprint density at radius 1 is 1.61 bits per heavy atom. The summed E-state index contributed by atoms with van der Waals surface area (Å²) >= 11 is 0. The average Bonchev–Trinajstić information content (AvgIpc) is 2.82. The zero-order valence-electron chi connectivity index (χ0n) is 11.2. The number of hydrazine groups is 1. The molecule has 1 aromatic rings. The van der Waals surface area contributed by atoms with E-state index < -0.39 is 0 Å². The topological polar surface area (TPSA) is 71.5 Å². The van der Waals surface area contributed by atoms with E-state index in [9.17, 15) is 4.79 Å². The minimum absolute atomic E-state index is 0.205. The predicted molar refractivity (Wildman–Crippen MR) is 68.8 cm³/mol. The molecule has 0 radical (unpaired) electrons. The minimum atomic E-state index is -0.376. The summed E-state index contributed by atoms with van der Waals surface area (Å²) in [6.45, 7) is 8.15. The first kappa shape index (κ1) is 13.1. The SMILES string of the molecule is Cc1cc(CN2CCCC2(C)C)oc1C(=O)NN. The second kappa shape index (κ2) is 4.74. The van der Waals surface area contributed by atoms with Gasteiger partial charge in [0.1, 0.15) is 5.76 Å². The van der Waals surface area contributed by atoms with Crippen molar-refractivity contribution in [2.45, 2.75) is 45.7 Å². The Bertz CT molecular complexity index is 451. The molecule has 1 fully saturated rings. The lowest BCUT2D eigenvalue weighted by molar-refractivity contribution is 0.0918. The summed E-state index contributed by atoms with van der Waals surface area (Å²) in [6, 6.07) is 1.92. The quantitative estimate of drug-likeness (QED) is 0.486. The number of amides is 1. The Kier molecular flexibility index (Phi) is 3.45. The molecule has 0 saturated carbocycles. The molecule has 18 heavy (non-hydrogen) atoms. The molecule has 1 aromatic heterocycles.